The lowest BCUT2D eigenvalue weighted by molar-refractivity contribution is 0.324. The van der Waals surface area contributed by atoms with Gasteiger partial charge in [0.2, 0.25) is 5.75 Å². The first-order chi connectivity index (χ1) is 12.7. The molecule has 4 aromatic rings. The molecule has 0 unspecified atom stereocenters. The van der Waals surface area contributed by atoms with Crippen LogP contribution in [0.15, 0.2) is 41.2 Å². The maximum Gasteiger partial charge on any atom is 0.292 e. The SMILES string of the molecule is COc1cc(-n2nnc3c(sc4ccccc43)c2=O)cc(OC)c1OC. The van der Waals surface area contributed by atoms with Gasteiger partial charge in [-0.25, -0.2) is 0 Å². The zero-order chi connectivity index (χ0) is 18.3. The molecule has 2 aromatic carbocycles. The predicted molar refractivity (Wildman–Crippen MR) is 100 cm³/mol. The normalized spacial score (nSPS) is 11.0. The topological polar surface area (TPSA) is 75.5 Å². The molecular formula is C18H15N3O4S. The van der Waals surface area contributed by atoms with Gasteiger partial charge in [0.15, 0.2) is 11.5 Å². The standard InChI is InChI=1S/C18H15N3O4S/c1-23-12-8-10(9-13(24-2)16(12)25-3)21-18(22)17-15(19-20-21)11-6-4-5-7-14(11)26-17/h4-9H,1-3H3. The van der Waals surface area contributed by atoms with Crippen LogP contribution in [0.25, 0.3) is 26.0 Å². The first-order valence-corrected chi connectivity index (χ1v) is 8.57. The molecule has 8 heteroatoms. The Kier molecular flexibility index (Phi) is 3.96. The second-order valence-electron chi connectivity index (χ2n) is 5.47. The van der Waals surface area contributed by atoms with Crippen LogP contribution in [0.5, 0.6) is 17.2 Å². The minimum absolute atomic E-state index is 0.245. The van der Waals surface area contributed by atoms with Crippen molar-refractivity contribution in [2.24, 2.45) is 0 Å². The molecule has 2 aromatic heterocycles. The van der Waals surface area contributed by atoms with Crippen LogP contribution >= 0.6 is 11.3 Å². The van der Waals surface area contributed by atoms with Crippen LogP contribution in [0.1, 0.15) is 0 Å². The molecule has 132 valence electrons. The number of methoxy groups -OCH3 is 3. The molecule has 4 rings (SSSR count). The Bertz CT molecular complexity index is 1160. The number of benzene rings is 2. The average molecular weight is 369 g/mol. The number of hydrogen-bond acceptors (Lipinski definition) is 7. The van der Waals surface area contributed by atoms with E-state index in [4.69, 9.17) is 14.2 Å². The minimum atomic E-state index is -0.245. The summed E-state index contributed by atoms with van der Waals surface area (Å²) in [4.78, 5) is 13.0. The van der Waals surface area contributed by atoms with Crippen LogP contribution in [0.4, 0.5) is 0 Å². The Morgan fingerprint density at radius 3 is 2.35 bits per heavy atom. The van der Waals surface area contributed by atoms with Gasteiger partial charge in [-0.15, -0.1) is 16.4 Å². The fourth-order valence-corrected chi connectivity index (χ4v) is 3.92. The Hall–Kier alpha value is -3.13. The molecule has 2 heterocycles. The number of hydrogen-bond donors (Lipinski definition) is 0. The second kappa shape index (κ2) is 6.30. The van der Waals surface area contributed by atoms with Crippen molar-refractivity contribution in [1.29, 1.82) is 0 Å². The van der Waals surface area contributed by atoms with Crippen LogP contribution in [0.2, 0.25) is 0 Å². The van der Waals surface area contributed by atoms with Gasteiger partial charge in [0, 0.05) is 22.2 Å². The molecular weight excluding hydrogens is 354 g/mol. The van der Waals surface area contributed by atoms with E-state index in [2.05, 4.69) is 10.3 Å². The van der Waals surface area contributed by atoms with Crippen molar-refractivity contribution in [3.05, 3.63) is 46.8 Å². The number of aromatic nitrogens is 3. The molecule has 0 aliphatic heterocycles. The number of ether oxygens (including phenoxy) is 3. The Labute approximate surface area is 152 Å². The fraction of sp³-hybridized carbons (Fsp3) is 0.167. The highest BCUT2D eigenvalue weighted by Gasteiger charge is 2.18. The molecule has 0 aliphatic carbocycles. The van der Waals surface area contributed by atoms with E-state index in [1.807, 2.05) is 24.3 Å². The molecule has 0 saturated carbocycles. The van der Waals surface area contributed by atoms with Crippen LogP contribution in [-0.4, -0.2) is 36.3 Å². The summed E-state index contributed by atoms with van der Waals surface area (Å²) >= 11 is 1.40. The first kappa shape index (κ1) is 16.3. The lowest BCUT2D eigenvalue weighted by atomic mass is 10.2. The predicted octanol–water partition coefficient (Wildman–Crippen LogP) is 3.02. The smallest absolute Gasteiger partial charge is 0.292 e. The van der Waals surface area contributed by atoms with Gasteiger partial charge in [-0.2, -0.15) is 4.68 Å². The number of rotatable bonds is 4. The summed E-state index contributed by atoms with van der Waals surface area (Å²) in [6.45, 7) is 0. The maximum atomic E-state index is 13.0. The molecule has 0 radical (unpaired) electrons. The van der Waals surface area contributed by atoms with Crippen molar-refractivity contribution < 1.29 is 14.2 Å². The molecule has 7 nitrogen and oxygen atoms in total. The van der Waals surface area contributed by atoms with E-state index < -0.39 is 0 Å². The molecule has 0 aliphatic rings. The fourth-order valence-electron chi connectivity index (χ4n) is 2.86. The summed E-state index contributed by atoms with van der Waals surface area (Å²) in [6.07, 6.45) is 0. The monoisotopic (exact) mass is 369 g/mol. The van der Waals surface area contributed by atoms with Crippen LogP contribution in [-0.2, 0) is 0 Å². The summed E-state index contributed by atoms with van der Waals surface area (Å²) in [5, 5.41) is 9.31. The number of nitrogens with zero attached hydrogens (tertiary/aromatic N) is 3. The zero-order valence-corrected chi connectivity index (χ0v) is 15.2. The Balaban J connectivity index is 1.99. The Morgan fingerprint density at radius 2 is 1.69 bits per heavy atom. The molecule has 0 saturated heterocycles. The van der Waals surface area contributed by atoms with Gasteiger partial charge in [-0.3, -0.25) is 4.79 Å². The summed E-state index contributed by atoms with van der Waals surface area (Å²) in [7, 11) is 4.56. The molecule has 0 amide bonds. The van der Waals surface area contributed by atoms with E-state index in [1.54, 1.807) is 12.1 Å². The van der Waals surface area contributed by atoms with Crippen LogP contribution in [0, 0.1) is 0 Å². The largest absolute Gasteiger partial charge is 0.493 e. The lowest BCUT2D eigenvalue weighted by Gasteiger charge is -2.14. The molecule has 0 atom stereocenters. The summed E-state index contributed by atoms with van der Waals surface area (Å²) in [6, 6.07) is 11.1. The number of fused-ring (bicyclic) bond motifs is 3. The third kappa shape index (κ3) is 2.38. The van der Waals surface area contributed by atoms with E-state index >= 15 is 0 Å². The van der Waals surface area contributed by atoms with Crippen molar-refractivity contribution >= 4 is 31.6 Å². The van der Waals surface area contributed by atoms with E-state index in [1.165, 1.54) is 37.3 Å². The van der Waals surface area contributed by atoms with Gasteiger partial charge >= 0.3 is 0 Å². The number of thiophene rings is 1. The minimum Gasteiger partial charge on any atom is -0.493 e. The average Bonchev–Trinajstić information content (AvgIpc) is 3.07. The van der Waals surface area contributed by atoms with Gasteiger partial charge < -0.3 is 14.2 Å². The van der Waals surface area contributed by atoms with Crippen molar-refractivity contribution in [2.45, 2.75) is 0 Å². The van der Waals surface area contributed by atoms with E-state index in [-0.39, 0.29) is 5.56 Å². The van der Waals surface area contributed by atoms with Crippen molar-refractivity contribution in [3.8, 4) is 22.9 Å². The quantitative estimate of drug-likeness (QED) is 0.550. The summed E-state index contributed by atoms with van der Waals surface area (Å²) in [5.41, 5.74) is 0.848. The van der Waals surface area contributed by atoms with Gasteiger partial charge in [0.25, 0.3) is 5.56 Å². The third-order valence-electron chi connectivity index (χ3n) is 4.08. The summed E-state index contributed by atoms with van der Waals surface area (Å²) in [5.74, 6) is 1.32. The highest BCUT2D eigenvalue weighted by molar-refractivity contribution is 7.25. The zero-order valence-electron chi connectivity index (χ0n) is 14.3. The van der Waals surface area contributed by atoms with Crippen molar-refractivity contribution in [3.63, 3.8) is 0 Å². The van der Waals surface area contributed by atoms with Crippen molar-refractivity contribution in [2.75, 3.05) is 21.3 Å². The van der Waals surface area contributed by atoms with Gasteiger partial charge in [-0.1, -0.05) is 23.4 Å². The van der Waals surface area contributed by atoms with Gasteiger partial charge in [0.1, 0.15) is 10.2 Å². The van der Waals surface area contributed by atoms with E-state index in [0.29, 0.717) is 33.2 Å². The highest BCUT2D eigenvalue weighted by atomic mass is 32.1. The van der Waals surface area contributed by atoms with Crippen molar-refractivity contribution in [1.82, 2.24) is 15.0 Å². The first-order valence-electron chi connectivity index (χ1n) is 7.75. The van der Waals surface area contributed by atoms with E-state index in [0.717, 1.165) is 10.1 Å². The molecule has 26 heavy (non-hydrogen) atoms. The molecule has 0 bridgehead atoms. The molecule has 0 fully saturated rings. The Morgan fingerprint density at radius 1 is 1.00 bits per heavy atom. The van der Waals surface area contributed by atoms with Gasteiger partial charge in [0.05, 0.1) is 27.0 Å². The third-order valence-corrected chi connectivity index (χ3v) is 5.23. The molecule has 0 N–H and O–H groups in total. The summed E-state index contributed by atoms with van der Waals surface area (Å²) < 4.78 is 18.8. The van der Waals surface area contributed by atoms with Crippen LogP contribution in [0.3, 0.4) is 0 Å². The van der Waals surface area contributed by atoms with Crippen LogP contribution < -0.4 is 19.8 Å². The highest BCUT2D eigenvalue weighted by Crippen LogP contribution is 2.39. The van der Waals surface area contributed by atoms with Gasteiger partial charge in [-0.05, 0) is 6.07 Å². The second-order valence-corrected chi connectivity index (χ2v) is 6.52. The molecule has 0 spiro atoms. The van der Waals surface area contributed by atoms with E-state index in [9.17, 15) is 4.79 Å². The lowest BCUT2D eigenvalue weighted by Crippen LogP contribution is -2.21. The maximum absolute atomic E-state index is 13.0.